The molecule has 2 saturated heterocycles. The minimum atomic E-state index is -4.19. The Morgan fingerprint density at radius 2 is 1.96 bits per heavy atom. The van der Waals surface area contributed by atoms with Gasteiger partial charge in [-0.1, -0.05) is 0 Å². The largest absolute Gasteiger partial charge is 0.506 e. The molecule has 0 saturated carbocycles. The Balaban J connectivity index is 1.77. The number of methoxy groups -OCH3 is 1. The van der Waals surface area contributed by atoms with Gasteiger partial charge in [-0.2, -0.15) is 8.42 Å². The van der Waals surface area contributed by atoms with Crippen LogP contribution < -0.4 is 13.9 Å². The minimum Gasteiger partial charge on any atom is -0.506 e. The van der Waals surface area contributed by atoms with Crippen molar-refractivity contribution < 1.29 is 27.4 Å². The van der Waals surface area contributed by atoms with Gasteiger partial charge in [0.15, 0.2) is 5.82 Å². The highest BCUT2D eigenvalue weighted by Crippen LogP contribution is 2.37. The van der Waals surface area contributed by atoms with Crippen LogP contribution in [0.2, 0.25) is 0 Å². The Labute approximate surface area is 151 Å². The van der Waals surface area contributed by atoms with Crippen LogP contribution in [-0.4, -0.2) is 77.3 Å². The van der Waals surface area contributed by atoms with E-state index in [-0.39, 0.29) is 0 Å². The predicted molar refractivity (Wildman–Crippen MR) is 93.0 cm³/mol. The predicted octanol–water partition coefficient (Wildman–Crippen LogP) is -0.519. The Morgan fingerprint density at radius 1 is 1.27 bits per heavy atom. The van der Waals surface area contributed by atoms with Crippen LogP contribution in [0.4, 0.5) is 15.8 Å². The zero-order chi connectivity index (χ0) is 18.9. The lowest BCUT2D eigenvalue weighted by atomic mass is 10.2. The monoisotopic (exact) mass is 388 g/mol. The summed E-state index contributed by atoms with van der Waals surface area (Å²) in [6.07, 6.45) is 0. The lowest BCUT2D eigenvalue weighted by Gasteiger charge is -2.36. The molecule has 0 atom stereocenters. The fourth-order valence-electron chi connectivity index (χ4n) is 3.10. The number of carbonyl (C=O) groups excluding carboxylic acids is 1. The van der Waals surface area contributed by atoms with E-state index in [1.165, 1.54) is 12.1 Å². The number of rotatable bonds is 5. The molecule has 1 amide bonds. The molecule has 2 aliphatic heterocycles. The molecule has 0 aromatic heterocycles. The Bertz CT molecular complexity index is 772. The molecule has 2 heterocycles. The number of nitrogens with zero attached hydrogens (tertiary/aromatic N) is 3. The lowest BCUT2D eigenvalue weighted by molar-refractivity contribution is -0.117. The van der Waals surface area contributed by atoms with Crippen molar-refractivity contribution in [1.29, 1.82) is 0 Å². The van der Waals surface area contributed by atoms with Gasteiger partial charge in [-0.05, 0) is 6.07 Å². The molecule has 0 aliphatic carbocycles. The standard InChI is InChI=1S/C15H21FN4O5S/c1-25-7-6-18-2-4-19(5-3-18)11-8-12(16)15(13(21)9-11)20-10-14(22)17-26(20,23)24/h8-9,21H,2-7,10H2,1H3,(H,17,22). The van der Waals surface area contributed by atoms with Gasteiger partial charge in [0, 0.05) is 51.6 Å². The number of halogens is 1. The summed E-state index contributed by atoms with van der Waals surface area (Å²) in [4.78, 5) is 15.5. The number of carbonyl (C=O) groups is 1. The summed E-state index contributed by atoms with van der Waals surface area (Å²) in [5, 5.41) is 10.2. The second-order valence-electron chi connectivity index (χ2n) is 6.15. The molecular weight excluding hydrogens is 367 g/mol. The van der Waals surface area contributed by atoms with E-state index in [4.69, 9.17) is 4.74 Å². The molecule has 0 bridgehead atoms. The molecule has 1 aromatic carbocycles. The van der Waals surface area contributed by atoms with Crippen molar-refractivity contribution >= 4 is 27.5 Å². The van der Waals surface area contributed by atoms with Crippen LogP contribution in [0, 0.1) is 5.82 Å². The van der Waals surface area contributed by atoms with Crippen molar-refractivity contribution in [2.45, 2.75) is 0 Å². The molecule has 0 radical (unpaired) electrons. The number of anilines is 2. The van der Waals surface area contributed by atoms with Crippen LogP contribution in [0.1, 0.15) is 0 Å². The zero-order valence-corrected chi connectivity index (χ0v) is 15.1. The van der Waals surface area contributed by atoms with Gasteiger partial charge < -0.3 is 14.7 Å². The molecular formula is C15H21FN4O5S. The first-order valence-electron chi connectivity index (χ1n) is 8.14. The number of benzene rings is 1. The number of phenols is 1. The zero-order valence-electron chi connectivity index (χ0n) is 14.3. The summed E-state index contributed by atoms with van der Waals surface area (Å²) < 4.78 is 45.7. The number of nitrogens with one attached hydrogen (secondary N) is 1. The summed E-state index contributed by atoms with van der Waals surface area (Å²) in [5.41, 5.74) is -0.0585. The fraction of sp³-hybridized carbons (Fsp3) is 0.533. The van der Waals surface area contributed by atoms with Crippen molar-refractivity contribution in [1.82, 2.24) is 9.62 Å². The highest BCUT2D eigenvalue weighted by Gasteiger charge is 2.37. The van der Waals surface area contributed by atoms with Crippen LogP contribution in [0.25, 0.3) is 0 Å². The van der Waals surface area contributed by atoms with Crippen LogP contribution in [0.3, 0.4) is 0 Å². The highest BCUT2D eigenvalue weighted by atomic mass is 32.2. The van der Waals surface area contributed by atoms with Crippen LogP contribution >= 0.6 is 0 Å². The molecule has 0 spiro atoms. The Morgan fingerprint density at radius 3 is 2.50 bits per heavy atom. The third kappa shape index (κ3) is 3.69. The Hall–Kier alpha value is -2.11. The van der Waals surface area contributed by atoms with Crippen LogP contribution in [0.15, 0.2) is 12.1 Å². The number of aromatic hydroxyl groups is 1. The molecule has 26 heavy (non-hydrogen) atoms. The lowest BCUT2D eigenvalue weighted by Crippen LogP contribution is -2.47. The number of ether oxygens (including phenoxy) is 1. The van der Waals surface area contributed by atoms with Crippen molar-refractivity contribution in [3.8, 4) is 5.75 Å². The van der Waals surface area contributed by atoms with Gasteiger partial charge in [0.25, 0.3) is 5.91 Å². The number of hydrogen-bond acceptors (Lipinski definition) is 7. The molecule has 1 aromatic rings. The van der Waals surface area contributed by atoms with Gasteiger partial charge in [-0.3, -0.25) is 9.69 Å². The van der Waals surface area contributed by atoms with Crippen molar-refractivity contribution in [3.05, 3.63) is 17.9 Å². The third-order valence-corrected chi connectivity index (χ3v) is 5.82. The normalized spacial score (nSPS) is 20.5. The topological polar surface area (TPSA) is 102 Å². The van der Waals surface area contributed by atoms with Crippen molar-refractivity contribution in [2.24, 2.45) is 0 Å². The molecule has 3 rings (SSSR count). The second-order valence-corrected chi connectivity index (χ2v) is 7.75. The minimum absolute atomic E-state index is 0.464. The average molecular weight is 388 g/mol. The van der Waals surface area contributed by atoms with E-state index in [9.17, 15) is 22.7 Å². The van der Waals surface area contributed by atoms with E-state index in [2.05, 4.69) is 4.90 Å². The smallest absolute Gasteiger partial charge is 0.326 e. The van der Waals surface area contributed by atoms with Gasteiger partial charge in [-0.15, -0.1) is 0 Å². The third-order valence-electron chi connectivity index (χ3n) is 4.45. The van der Waals surface area contributed by atoms with Crippen molar-refractivity contribution in [3.63, 3.8) is 0 Å². The molecule has 0 unspecified atom stereocenters. The van der Waals surface area contributed by atoms with Crippen molar-refractivity contribution in [2.75, 3.05) is 62.2 Å². The summed E-state index contributed by atoms with van der Waals surface area (Å²) in [7, 11) is -2.54. The van der Waals surface area contributed by atoms with Gasteiger partial charge >= 0.3 is 10.2 Å². The molecule has 144 valence electrons. The first-order chi connectivity index (χ1) is 12.3. The number of phenolic OH excluding ortho intramolecular Hbond substituents is 1. The average Bonchev–Trinajstić information content (AvgIpc) is 2.85. The van der Waals surface area contributed by atoms with E-state index in [1.54, 1.807) is 11.8 Å². The molecule has 11 heteroatoms. The van der Waals surface area contributed by atoms with Crippen LogP contribution in [-0.2, 0) is 19.7 Å². The number of amides is 1. The molecule has 2 aliphatic rings. The van der Waals surface area contributed by atoms with Gasteiger partial charge in [0.2, 0.25) is 0 Å². The summed E-state index contributed by atoms with van der Waals surface area (Å²) in [5.74, 6) is -2.20. The summed E-state index contributed by atoms with van der Waals surface area (Å²) in [6.45, 7) is 3.72. The first-order valence-corrected chi connectivity index (χ1v) is 9.58. The SMILES string of the molecule is COCCN1CCN(c2cc(O)c(N3CC(=O)NS3(=O)=O)c(F)c2)CC1. The Kier molecular flexibility index (Phi) is 5.21. The van der Waals surface area contributed by atoms with E-state index in [1.807, 2.05) is 4.90 Å². The van der Waals surface area contributed by atoms with E-state index >= 15 is 0 Å². The van der Waals surface area contributed by atoms with E-state index in [0.29, 0.717) is 29.7 Å². The number of piperazine rings is 1. The van der Waals surface area contributed by atoms with Gasteiger partial charge in [-0.25, -0.2) is 13.4 Å². The maximum absolute atomic E-state index is 14.6. The van der Waals surface area contributed by atoms with Gasteiger partial charge in [0.1, 0.15) is 18.0 Å². The molecule has 2 N–H and O–H groups in total. The summed E-state index contributed by atoms with van der Waals surface area (Å²) >= 11 is 0. The maximum atomic E-state index is 14.6. The second kappa shape index (κ2) is 7.25. The van der Waals surface area contributed by atoms with Gasteiger partial charge in [0.05, 0.1) is 6.61 Å². The maximum Gasteiger partial charge on any atom is 0.326 e. The molecule has 9 nitrogen and oxygen atoms in total. The van der Waals surface area contributed by atoms with E-state index < -0.39 is 39.9 Å². The molecule has 2 fully saturated rings. The fourth-order valence-corrected chi connectivity index (χ4v) is 4.27. The highest BCUT2D eigenvalue weighted by molar-refractivity contribution is 7.92. The first kappa shape index (κ1) is 18.7. The summed E-state index contributed by atoms with van der Waals surface area (Å²) in [6, 6.07) is 2.50. The quantitative estimate of drug-likeness (QED) is 0.700. The van der Waals surface area contributed by atoms with Crippen LogP contribution in [0.5, 0.6) is 5.75 Å². The number of hydrogen-bond donors (Lipinski definition) is 2. The van der Waals surface area contributed by atoms with E-state index in [0.717, 1.165) is 19.6 Å².